The van der Waals surface area contributed by atoms with Crippen LogP contribution < -0.4 is 9.47 Å². The van der Waals surface area contributed by atoms with Crippen LogP contribution in [-0.2, 0) is 24.4 Å². The van der Waals surface area contributed by atoms with Crippen molar-refractivity contribution in [2.45, 2.75) is 19.6 Å². The molecule has 0 saturated heterocycles. The van der Waals surface area contributed by atoms with Crippen molar-refractivity contribution in [3.8, 4) is 11.5 Å². The maximum absolute atomic E-state index is 5.86. The molecule has 0 fully saturated rings. The van der Waals surface area contributed by atoms with Crippen LogP contribution in [-0.4, -0.2) is 48.7 Å². The van der Waals surface area contributed by atoms with Gasteiger partial charge in [0.25, 0.3) is 0 Å². The Kier molecular flexibility index (Phi) is 5.15. The van der Waals surface area contributed by atoms with E-state index in [-0.39, 0.29) is 0 Å². The highest BCUT2D eigenvalue weighted by molar-refractivity contribution is 5.41. The zero-order valence-electron chi connectivity index (χ0n) is 13.7. The first kappa shape index (κ1) is 15.8. The second-order valence-corrected chi connectivity index (χ2v) is 5.64. The van der Waals surface area contributed by atoms with Gasteiger partial charge in [-0.05, 0) is 6.07 Å². The first-order chi connectivity index (χ1) is 11.3. The molecule has 0 unspecified atom stereocenters. The average Bonchev–Trinajstić information content (AvgIpc) is 2.91. The lowest BCUT2D eigenvalue weighted by Crippen LogP contribution is -2.25. The van der Waals surface area contributed by atoms with E-state index in [1.54, 1.807) is 14.2 Å². The molecule has 0 amide bonds. The van der Waals surface area contributed by atoms with Crippen molar-refractivity contribution in [3.05, 3.63) is 41.7 Å². The van der Waals surface area contributed by atoms with Gasteiger partial charge in [-0.2, -0.15) is 5.10 Å². The number of ether oxygens (including phenoxy) is 3. The Morgan fingerprint density at radius 3 is 3.04 bits per heavy atom. The zero-order valence-corrected chi connectivity index (χ0v) is 13.7. The quantitative estimate of drug-likeness (QED) is 0.815. The summed E-state index contributed by atoms with van der Waals surface area (Å²) in [7, 11) is 3.38. The minimum absolute atomic E-state index is 0.674. The van der Waals surface area contributed by atoms with Crippen LogP contribution in [0.25, 0.3) is 0 Å². The molecule has 0 aliphatic carbocycles. The maximum atomic E-state index is 5.86. The van der Waals surface area contributed by atoms with Gasteiger partial charge in [-0.1, -0.05) is 6.07 Å². The Morgan fingerprint density at radius 1 is 1.30 bits per heavy atom. The molecule has 1 aliphatic heterocycles. The molecular formula is C17H23N3O3. The van der Waals surface area contributed by atoms with Crippen molar-refractivity contribution in [1.29, 1.82) is 0 Å². The van der Waals surface area contributed by atoms with E-state index >= 15 is 0 Å². The van der Waals surface area contributed by atoms with Crippen molar-refractivity contribution in [2.75, 3.05) is 34.0 Å². The van der Waals surface area contributed by atoms with E-state index in [0.29, 0.717) is 13.2 Å². The molecule has 1 aromatic heterocycles. The SMILES string of the molecule is COCCn1cc(CN2CCOc3cc(OC)ccc3C2)cn1. The van der Waals surface area contributed by atoms with Crippen LogP contribution in [0.4, 0.5) is 0 Å². The molecule has 2 aromatic rings. The molecule has 124 valence electrons. The molecule has 0 bridgehead atoms. The molecule has 6 nitrogen and oxygen atoms in total. The van der Waals surface area contributed by atoms with Gasteiger partial charge in [0, 0.05) is 50.1 Å². The lowest BCUT2D eigenvalue weighted by molar-refractivity contribution is 0.183. The number of nitrogens with zero attached hydrogens (tertiary/aromatic N) is 3. The van der Waals surface area contributed by atoms with Gasteiger partial charge >= 0.3 is 0 Å². The lowest BCUT2D eigenvalue weighted by Gasteiger charge is -2.18. The molecule has 0 atom stereocenters. The smallest absolute Gasteiger partial charge is 0.127 e. The third-order valence-corrected chi connectivity index (χ3v) is 3.95. The van der Waals surface area contributed by atoms with Crippen LogP contribution in [0.1, 0.15) is 11.1 Å². The van der Waals surface area contributed by atoms with Gasteiger partial charge in [-0.3, -0.25) is 9.58 Å². The molecular weight excluding hydrogens is 294 g/mol. The maximum Gasteiger partial charge on any atom is 0.127 e. The van der Waals surface area contributed by atoms with Gasteiger partial charge in [-0.15, -0.1) is 0 Å². The molecule has 3 rings (SSSR count). The van der Waals surface area contributed by atoms with E-state index in [4.69, 9.17) is 14.2 Å². The minimum Gasteiger partial charge on any atom is -0.497 e. The first-order valence-corrected chi connectivity index (χ1v) is 7.81. The van der Waals surface area contributed by atoms with Gasteiger partial charge in [0.05, 0.1) is 26.5 Å². The Hall–Kier alpha value is -2.05. The number of rotatable bonds is 6. The monoisotopic (exact) mass is 317 g/mol. The molecule has 6 heteroatoms. The molecule has 23 heavy (non-hydrogen) atoms. The van der Waals surface area contributed by atoms with Gasteiger partial charge in [0.2, 0.25) is 0 Å². The highest BCUT2D eigenvalue weighted by atomic mass is 16.5. The summed E-state index contributed by atoms with van der Waals surface area (Å²) < 4.78 is 18.1. The van der Waals surface area contributed by atoms with Crippen molar-refractivity contribution in [3.63, 3.8) is 0 Å². The predicted octanol–water partition coefficient (Wildman–Crippen LogP) is 1.93. The Balaban J connectivity index is 1.65. The fraction of sp³-hybridized carbons (Fsp3) is 0.471. The highest BCUT2D eigenvalue weighted by Gasteiger charge is 2.16. The van der Waals surface area contributed by atoms with E-state index < -0.39 is 0 Å². The second-order valence-electron chi connectivity index (χ2n) is 5.64. The number of methoxy groups -OCH3 is 2. The van der Waals surface area contributed by atoms with Crippen molar-refractivity contribution < 1.29 is 14.2 Å². The van der Waals surface area contributed by atoms with Gasteiger partial charge in [0.1, 0.15) is 18.1 Å². The van der Waals surface area contributed by atoms with E-state index in [1.165, 1.54) is 11.1 Å². The van der Waals surface area contributed by atoms with Crippen molar-refractivity contribution in [2.24, 2.45) is 0 Å². The van der Waals surface area contributed by atoms with Crippen LogP contribution in [0.5, 0.6) is 11.5 Å². The zero-order chi connectivity index (χ0) is 16.1. The average molecular weight is 317 g/mol. The van der Waals surface area contributed by atoms with Gasteiger partial charge in [-0.25, -0.2) is 0 Å². The first-order valence-electron chi connectivity index (χ1n) is 7.81. The van der Waals surface area contributed by atoms with Crippen molar-refractivity contribution in [1.82, 2.24) is 14.7 Å². The molecule has 0 spiro atoms. The van der Waals surface area contributed by atoms with Crippen LogP contribution in [0.2, 0.25) is 0 Å². The Labute approximate surface area is 136 Å². The van der Waals surface area contributed by atoms with E-state index in [2.05, 4.69) is 22.3 Å². The van der Waals surface area contributed by atoms with Crippen LogP contribution in [0.3, 0.4) is 0 Å². The third-order valence-electron chi connectivity index (χ3n) is 3.95. The van der Waals surface area contributed by atoms with E-state index in [0.717, 1.165) is 37.7 Å². The summed E-state index contributed by atoms with van der Waals surface area (Å²) in [5.41, 5.74) is 2.40. The Morgan fingerprint density at radius 2 is 2.22 bits per heavy atom. The second kappa shape index (κ2) is 7.48. The Bertz CT molecular complexity index is 642. The van der Waals surface area contributed by atoms with Crippen LogP contribution in [0, 0.1) is 0 Å². The molecule has 0 radical (unpaired) electrons. The predicted molar refractivity (Wildman–Crippen MR) is 86.7 cm³/mol. The summed E-state index contributed by atoms with van der Waals surface area (Å²) in [4.78, 5) is 2.37. The van der Waals surface area contributed by atoms with E-state index in [1.807, 2.05) is 23.0 Å². The summed E-state index contributed by atoms with van der Waals surface area (Å²) in [5, 5.41) is 4.37. The normalized spacial score (nSPS) is 14.9. The fourth-order valence-electron chi connectivity index (χ4n) is 2.72. The van der Waals surface area contributed by atoms with Crippen molar-refractivity contribution >= 4 is 0 Å². The molecule has 0 N–H and O–H groups in total. The lowest BCUT2D eigenvalue weighted by atomic mass is 10.1. The summed E-state index contributed by atoms with van der Waals surface area (Å²) in [6.45, 7) is 4.75. The minimum atomic E-state index is 0.674. The molecule has 0 saturated carbocycles. The molecule has 1 aromatic carbocycles. The number of benzene rings is 1. The summed E-state index contributed by atoms with van der Waals surface area (Å²) >= 11 is 0. The number of fused-ring (bicyclic) bond motifs is 1. The number of aromatic nitrogens is 2. The highest BCUT2D eigenvalue weighted by Crippen LogP contribution is 2.28. The standard InChI is InChI=1S/C17H23N3O3/c1-21-7-6-20-12-14(10-18-20)11-19-5-8-23-17-9-16(22-2)4-3-15(17)13-19/h3-4,9-10,12H,5-8,11,13H2,1-2H3. The van der Waals surface area contributed by atoms with Crippen LogP contribution >= 0.6 is 0 Å². The summed E-state index contributed by atoms with van der Waals surface area (Å²) in [6.07, 6.45) is 4.01. The summed E-state index contributed by atoms with van der Waals surface area (Å²) in [5.74, 6) is 1.75. The topological polar surface area (TPSA) is 48.8 Å². The number of hydrogen-bond acceptors (Lipinski definition) is 5. The molecule has 1 aliphatic rings. The third kappa shape index (κ3) is 4.03. The van der Waals surface area contributed by atoms with E-state index in [9.17, 15) is 0 Å². The van der Waals surface area contributed by atoms with Gasteiger partial charge in [0.15, 0.2) is 0 Å². The molecule has 2 heterocycles. The summed E-state index contributed by atoms with van der Waals surface area (Å²) in [6, 6.07) is 6.02. The fourth-order valence-corrected chi connectivity index (χ4v) is 2.72. The van der Waals surface area contributed by atoms with Gasteiger partial charge < -0.3 is 14.2 Å². The van der Waals surface area contributed by atoms with Crippen LogP contribution in [0.15, 0.2) is 30.6 Å². The number of hydrogen-bond donors (Lipinski definition) is 0. The largest absolute Gasteiger partial charge is 0.497 e.